The summed E-state index contributed by atoms with van der Waals surface area (Å²) < 4.78 is 0. The highest BCUT2D eigenvalue weighted by molar-refractivity contribution is 5.81. The molecule has 3 heteroatoms. The molecule has 3 nitrogen and oxygen atoms in total. The molecule has 0 aromatic heterocycles. The first-order valence-corrected chi connectivity index (χ1v) is 7.43. The van der Waals surface area contributed by atoms with Crippen LogP contribution in [0.25, 0.3) is 0 Å². The summed E-state index contributed by atoms with van der Waals surface area (Å²) in [5, 5.41) is 3.36. The van der Waals surface area contributed by atoms with E-state index in [0.29, 0.717) is 12.6 Å². The molecule has 1 unspecified atom stereocenters. The maximum absolute atomic E-state index is 12.1. The number of nitrogens with one attached hydrogen (secondary N) is 1. The van der Waals surface area contributed by atoms with E-state index in [4.69, 9.17) is 0 Å². The molecular weight excluding hydrogens is 236 g/mol. The molecule has 102 valence electrons. The number of carbonyl (C=O) groups is 1. The van der Waals surface area contributed by atoms with E-state index in [9.17, 15) is 4.79 Å². The topological polar surface area (TPSA) is 32.3 Å². The van der Waals surface area contributed by atoms with E-state index in [0.717, 1.165) is 19.3 Å². The molecule has 1 aliphatic carbocycles. The van der Waals surface area contributed by atoms with Crippen LogP contribution in [-0.2, 0) is 11.2 Å². The van der Waals surface area contributed by atoms with Gasteiger partial charge in [0.2, 0.25) is 5.91 Å². The zero-order valence-corrected chi connectivity index (χ0v) is 11.6. The van der Waals surface area contributed by atoms with Crippen molar-refractivity contribution in [1.29, 1.82) is 0 Å². The van der Waals surface area contributed by atoms with Gasteiger partial charge in [-0.05, 0) is 30.4 Å². The van der Waals surface area contributed by atoms with Crippen LogP contribution in [0.5, 0.6) is 0 Å². The van der Waals surface area contributed by atoms with Gasteiger partial charge in [-0.2, -0.15) is 0 Å². The van der Waals surface area contributed by atoms with Crippen molar-refractivity contribution in [1.82, 2.24) is 10.2 Å². The van der Waals surface area contributed by atoms with E-state index < -0.39 is 0 Å². The third kappa shape index (κ3) is 2.39. The zero-order valence-electron chi connectivity index (χ0n) is 11.6. The molecule has 1 aromatic carbocycles. The van der Waals surface area contributed by atoms with E-state index in [1.807, 2.05) is 0 Å². The summed E-state index contributed by atoms with van der Waals surface area (Å²) in [7, 11) is 0. The Morgan fingerprint density at radius 1 is 1.21 bits per heavy atom. The fourth-order valence-corrected chi connectivity index (χ4v) is 3.33. The van der Waals surface area contributed by atoms with Crippen molar-refractivity contribution in [2.24, 2.45) is 0 Å². The second-order valence-electron chi connectivity index (χ2n) is 5.62. The van der Waals surface area contributed by atoms with Crippen LogP contribution in [-0.4, -0.2) is 23.4 Å². The summed E-state index contributed by atoms with van der Waals surface area (Å²) in [6.07, 6.45) is 5.99. The van der Waals surface area contributed by atoms with Crippen LogP contribution < -0.4 is 5.32 Å². The van der Waals surface area contributed by atoms with Gasteiger partial charge in [-0.15, -0.1) is 0 Å². The Balaban J connectivity index is 1.83. The SMILES string of the molecule is CCc1ccc(C2NCC(=O)N2C2CCCC2)cc1. The standard InChI is InChI=1S/C16H22N2O/c1-2-12-7-9-13(10-8-12)16-17-11-15(19)18(16)14-5-3-4-6-14/h7-10,14,16-17H,2-6,11H2,1H3. The number of amides is 1. The Hall–Kier alpha value is -1.35. The molecule has 1 N–H and O–H groups in total. The molecule has 1 aromatic rings. The molecule has 3 rings (SSSR count). The Labute approximate surface area is 115 Å². The van der Waals surface area contributed by atoms with Crippen molar-refractivity contribution >= 4 is 5.91 Å². The lowest BCUT2D eigenvalue weighted by Crippen LogP contribution is -2.38. The summed E-state index contributed by atoms with van der Waals surface area (Å²) in [5.74, 6) is 0.261. The summed E-state index contributed by atoms with van der Waals surface area (Å²) in [4.78, 5) is 14.2. The number of aryl methyl sites for hydroxylation is 1. The van der Waals surface area contributed by atoms with Crippen LogP contribution in [0.4, 0.5) is 0 Å². The number of rotatable bonds is 3. The van der Waals surface area contributed by atoms with Gasteiger partial charge in [0.15, 0.2) is 0 Å². The fourth-order valence-electron chi connectivity index (χ4n) is 3.33. The minimum Gasteiger partial charge on any atom is -0.319 e. The largest absolute Gasteiger partial charge is 0.319 e. The van der Waals surface area contributed by atoms with Crippen molar-refractivity contribution in [2.75, 3.05) is 6.54 Å². The van der Waals surface area contributed by atoms with Gasteiger partial charge in [-0.25, -0.2) is 0 Å². The van der Waals surface area contributed by atoms with Crippen LogP contribution >= 0.6 is 0 Å². The van der Waals surface area contributed by atoms with Gasteiger partial charge in [0.25, 0.3) is 0 Å². The summed E-state index contributed by atoms with van der Waals surface area (Å²) in [6.45, 7) is 2.65. The monoisotopic (exact) mass is 258 g/mol. The first kappa shape index (κ1) is 12.7. The predicted molar refractivity (Wildman–Crippen MR) is 75.7 cm³/mol. The van der Waals surface area contributed by atoms with E-state index in [1.54, 1.807) is 0 Å². The molecule has 1 saturated carbocycles. The number of hydrogen-bond donors (Lipinski definition) is 1. The van der Waals surface area contributed by atoms with E-state index >= 15 is 0 Å². The quantitative estimate of drug-likeness (QED) is 0.904. The van der Waals surface area contributed by atoms with Gasteiger partial charge in [0.05, 0.1) is 6.54 Å². The maximum atomic E-state index is 12.1. The van der Waals surface area contributed by atoms with Crippen LogP contribution in [0.15, 0.2) is 24.3 Å². The van der Waals surface area contributed by atoms with E-state index in [-0.39, 0.29) is 12.1 Å². The van der Waals surface area contributed by atoms with E-state index in [2.05, 4.69) is 41.4 Å². The van der Waals surface area contributed by atoms with Crippen molar-refractivity contribution in [3.63, 3.8) is 0 Å². The lowest BCUT2D eigenvalue weighted by atomic mass is 10.1. The maximum Gasteiger partial charge on any atom is 0.238 e. The smallest absolute Gasteiger partial charge is 0.238 e. The van der Waals surface area contributed by atoms with Gasteiger partial charge >= 0.3 is 0 Å². The summed E-state index contributed by atoms with van der Waals surface area (Å²) >= 11 is 0. The molecule has 1 atom stereocenters. The van der Waals surface area contributed by atoms with Gasteiger partial charge in [0, 0.05) is 6.04 Å². The Morgan fingerprint density at radius 3 is 2.53 bits per heavy atom. The molecule has 1 amide bonds. The highest BCUT2D eigenvalue weighted by Gasteiger charge is 2.37. The number of benzene rings is 1. The molecule has 1 heterocycles. The van der Waals surface area contributed by atoms with Crippen molar-refractivity contribution < 1.29 is 4.79 Å². The second-order valence-corrected chi connectivity index (χ2v) is 5.62. The van der Waals surface area contributed by atoms with Crippen LogP contribution in [0.3, 0.4) is 0 Å². The first-order chi connectivity index (χ1) is 9.29. The molecule has 0 spiro atoms. The summed E-state index contributed by atoms with van der Waals surface area (Å²) in [5.41, 5.74) is 2.57. The fraction of sp³-hybridized carbons (Fsp3) is 0.562. The second kappa shape index (κ2) is 5.33. The zero-order chi connectivity index (χ0) is 13.2. The molecule has 2 fully saturated rings. The van der Waals surface area contributed by atoms with Crippen LogP contribution in [0.1, 0.15) is 49.9 Å². The normalized spacial score (nSPS) is 24.4. The molecular formula is C16H22N2O. The highest BCUT2D eigenvalue weighted by Crippen LogP contribution is 2.32. The lowest BCUT2D eigenvalue weighted by Gasteiger charge is -2.30. The third-order valence-electron chi connectivity index (χ3n) is 4.43. The van der Waals surface area contributed by atoms with Gasteiger partial charge < -0.3 is 4.90 Å². The average molecular weight is 258 g/mol. The Bertz CT molecular complexity index is 448. The number of hydrogen-bond acceptors (Lipinski definition) is 2. The van der Waals surface area contributed by atoms with E-state index in [1.165, 1.54) is 24.0 Å². The number of carbonyl (C=O) groups excluding carboxylic acids is 1. The number of nitrogens with zero attached hydrogens (tertiary/aromatic N) is 1. The predicted octanol–water partition coefficient (Wildman–Crippen LogP) is 2.62. The molecule has 19 heavy (non-hydrogen) atoms. The molecule has 0 bridgehead atoms. The minimum absolute atomic E-state index is 0.0847. The molecule has 1 saturated heterocycles. The molecule has 0 radical (unpaired) electrons. The molecule has 1 aliphatic heterocycles. The first-order valence-electron chi connectivity index (χ1n) is 7.43. The van der Waals surface area contributed by atoms with Gasteiger partial charge in [-0.1, -0.05) is 44.0 Å². The Morgan fingerprint density at radius 2 is 1.89 bits per heavy atom. The lowest BCUT2D eigenvalue weighted by molar-refractivity contribution is -0.130. The van der Waals surface area contributed by atoms with Crippen LogP contribution in [0, 0.1) is 0 Å². The highest BCUT2D eigenvalue weighted by atomic mass is 16.2. The van der Waals surface area contributed by atoms with Crippen molar-refractivity contribution in [3.8, 4) is 0 Å². The van der Waals surface area contributed by atoms with Crippen molar-refractivity contribution in [2.45, 2.75) is 51.2 Å². The third-order valence-corrected chi connectivity index (χ3v) is 4.43. The average Bonchev–Trinajstić information content (AvgIpc) is 3.08. The Kier molecular flexibility index (Phi) is 3.56. The summed E-state index contributed by atoms with van der Waals surface area (Å²) in [6, 6.07) is 9.12. The molecule has 2 aliphatic rings. The minimum atomic E-state index is 0.0847. The van der Waals surface area contributed by atoms with Crippen LogP contribution in [0.2, 0.25) is 0 Å². The van der Waals surface area contributed by atoms with Gasteiger partial charge in [0.1, 0.15) is 6.17 Å². The van der Waals surface area contributed by atoms with Gasteiger partial charge in [-0.3, -0.25) is 10.1 Å². The van der Waals surface area contributed by atoms with Crippen molar-refractivity contribution in [3.05, 3.63) is 35.4 Å².